The van der Waals surface area contributed by atoms with Gasteiger partial charge in [-0.15, -0.1) is 0 Å². The van der Waals surface area contributed by atoms with E-state index in [2.05, 4.69) is 0 Å². The number of phenols is 2. The second-order valence-corrected chi connectivity index (χ2v) is 8.75. The highest BCUT2D eigenvalue weighted by molar-refractivity contribution is 7.91. The Balaban J connectivity index is 3.00. The summed E-state index contributed by atoms with van der Waals surface area (Å²) in [4.78, 5) is -0.638. The first-order valence-electron chi connectivity index (χ1n) is 11.5. The number of sulfone groups is 1. The molecular weight excluding hydrogens is 480 g/mol. The Labute approximate surface area is 206 Å². The number of ether oxygens (including phenoxy) is 6. The third kappa shape index (κ3) is 5.72. The van der Waals surface area contributed by atoms with Crippen molar-refractivity contribution in [3.05, 3.63) is 12.1 Å². The molecule has 196 valence electrons. The molecule has 2 aromatic carbocycles. The van der Waals surface area contributed by atoms with Crippen LogP contribution in [0, 0.1) is 0 Å². The summed E-state index contributed by atoms with van der Waals surface area (Å²) >= 11 is 0. The van der Waals surface area contributed by atoms with Crippen molar-refractivity contribution in [3.8, 4) is 46.0 Å². The van der Waals surface area contributed by atoms with Crippen LogP contribution < -0.4 is 28.4 Å². The Morgan fingerprint density at radius 1 is 0.543 bits per heavy atom. The Morgan fingerprint density at radius 3 is 1.11 bits per heavy atom. The van der Waals surface area contributed by atoms with Gasteiger partial charge in [-0.3, -0.25) is 0 Å². The fraction of sp³-hybridized carbons (Fsp3) is 0.500. The minimum absolute atomic E-state index is 0.0928. The number of hydrogen-bond acceptors (Lipinski definition) is 10. The SMILES string of the molecule is CCOc1cc(S(=O)(=O)c2cc(OCC)c(O)c(OCC)c2OCC)c(OCC)c(OCC)c1O. The van der Waals surface area contributed by atoms with Gasteiger partial charge in [0.1, 0.15) is 9.79 Å². The van der Waals surface area contributed by atoms with Gasteiger partial charge in [-0.05, 0) is 41.5 Å². The van der Waals surface area contributed by atoms with Crippen molar-refractivity contribution in [1.82, 2.24) is 0 Å². The van der Waals surface area contributed by atoms with Crippen molar-refractivity contribution in [3.63, 3.8) is 0 Å². The van der Waals surface area contributed by atoms with E-state index < -0.39 is 9.84 Å². The first kappa shape index (κ1) is 28.0. The van der Waals surface area contributed by atoms with Crippen LogP contribution in [0.1, 0.15) is 41.5 Å². The van der Waals surface area contributed by atoms with E-state index in [1.165, 1.54) is 12.1 Å². The van der Waals surface area contributed by atoms with Gasteiger partial charge in [0.25, 0.3) is 0 Å². The number of aromatic hydroxyl groups is 2. The number of benzene rings is 2. The summed E-state index contributed by atoms with van der Waals surface area (Å²) in [6.07, 6.45) is 0. The summed E-state index contributed by atoms with van der Waals surface area (Å²) < 4.78 is 61.6. The van der Waals surface area contributed by atoms with Crippen LogP contribution in [0.5, 0.6) is 46.0 Å². The fourth-order valence-electron chi connectivity index (χ4n) is 3.34. The lowest BCUT2D eigenvalue weighted by Gasteiger charge is -2.22. The van der Waals surface area contributed by atoms with Crippen LogP contribution in [0.15, 0.2) is 21.9 Å². The molecule has 0 spiro atoms. The molecule has 0 bridgehead atoms. The minimum Gasteiger partial charge on any atom is -0.502 e. The van der Waals surface area contributed by atoms with Gasteiger partial charge in [0.15, 0.2) is 23.0 Å². The van der Waals surface area contributed by atoms with Crippen LogP contribution in [-0.2, 0) is 9.84 Å². The van der Waals surface area contributed by atoms with Gasteiger partial charge < -0.3 is 38.6 Å². The lowest BCUT2D eigenvalue weighted by molar-refractivity contribution is 0.255. The highest BCUT2D eigenvalue weighted by Gasteiger charge is 2.35. The molecule has 0 atom stereocenters. The standard InChI is InChI=1S/C24H34O10S/c1-7-29-15-13-17(21(31-9-3)23(19(15)25)33-11-5)35(27,28)18-14-16(30-8-2)20(26)24(34-12-6)22(18)32-10-4/h13-14,25-26H,7-12H2,1-6H3. The van der Waals surface area contributed by atoms with Crippen LogP contribution in [0.3, 0.4) is 0 Å². The third-order valence-electron chi connectivity index (χ3n) is 4.61. The van der Waals surface area contributed by atoms with Crippen LogP contribution in [-0.4, -0.2) is 58.3 Å². The Bertz CT molecular complexity index is 1030. The monoisotopic (exact) mass is 514 g/mol. The van der Waals surface area contributed by atoms with E-state index in [0.29, 0.717) is 0 Å². The Kier molecular flexibility index (Phi) is 10.00. The van der Waals surface area contributed by atoms with Crippen LogP contribution in [0.25, 0.3) is 0 Å². The predicted octanol–water partition coefficient (Wildman–Crippen LogP) is 4.32. The lowest BCUT2D eigenvalue weighted by atomic mass is 10.2. The van der Waals surface area contributed by atoms with Gasteiger partial charge in [-0.2, -0.15) is 0 Å². The molecule has 0 radical (unpaired) electrons. The zero-order chi connectivity index (χ0) is 26.2. The molecule has 0 aliphatic rings. The number of rotatable bonds is 14. The molecule has 0 aromatic heterocycles. The maximum Gasteiger partial charge on any atom is 0.214 e. The molecule has 0 heterocycles. The lowest BCUT2D eigenvalue weighted by Crippen LogP contribution is -2.12. The fourth-order valence-corrected chi connectivity index (χ4v) is 4.89. The van der Waals surface area contributed by atoms with Gasteiger partial charge in [-0.25, -0.2) is 8.42 Å². The largest absolute Gasteiger partial charge is 0.502 e. The zero-order valence-corrected chi connectivity index (χ0v) is 21.8. The zero-order valence-electron chi connectivity index (χ0n) is 21.0. The quantitative estimate of drug-likeness (QED) is 0.376. The first-order chi connectivity index (χ1) is 16.7. The van der Waals surface area contributed by atoms with Crippen molar-refractivity contribution in [1.29, 1.82) is 0 Å². The summed E-state index contributed by atoms with van der Waals surface area (Å²) in [7, 11) is -4.43. The van der Waals surface area contributed by atoms with Crippen LogP contribution in [0.2, 0.25) is 0 Å². The molecule has 2 N–H and O–H groups in total. The van der Waals surface area contributed by atoms with Crippen LogP contribution >= 0.6 is 0 Å². The molecule has 0 fully saturated rings. The molecule has 0 saturated heterocycles. The average molecular weight is 515 g/mol. The van der Waals surface area contributed by atoms with Gasteiger partial charge in [-0.1, -0.05) is 0 Å². The molecule has 0 unspecified atom stereocenters. The topological polar surface area (TPSA) is 130 Å². The van der Waals surface area contributed by atoms with Crippen molar-refractivity contribution in [2.75, 3.05) is 39.6 Å². The first-order valence-corrected chi connectivity index (χ1v) is 13.0. The van der Waals surface area contributed by atoms with E-state index in [9.17, 15) is 18.6 Å². The van der Waals surface area contributed by atoms with E-state index in [-0.39, 0.29) is 95.4 Å². The summed E-state index contributed by atoms with van der Waals surface area (Å²) in [6.45, 7) is 10.9. The number of hydrogen-bond donors (Lipinski definition) is 2. The number of phenolic OH excluding ortho intramolecular Hbond substituents is 2. The summed E-state index contributed by atoms with van der Waals surface area (Å²) in [5, 5.41) is 21.4. The summed E-state index contributed by atoms with van der Waals surface area (Å²) in [5.41, 5.74) is 0. The van der Waals surface area contributed by atoms with Crippen molar-refractivity contribution in [2.45, 2.75) is 51.3 Å². The van der Waals surface area contributed by atoms with E-state index in [1.54, 1.807) is 41.5 Å². The second-order valence-electron chi connectivity index (χ2n) is 6.86. The third-order valence-corrected chi connectivity index (χ3v) is 6.38. The molecule has 2 rings (SSSR count). The normalized spacial score (nSPS) is 11.1. The van der Waals surface area contributed by atoms with Crippen molar-refractivity contribution in [2.24, 2.45) is 0 Å². The Morgan fingerprint density at radius 2 is 0.829 bits per heavy atom. The van der Waals surface area contributed by atoms with Gasteiger partial charge >= 0.3 is 0 Å². The Hall–Kier alpha value is -3.21. The molecule has 0 saturated carbocycles. The minimum atomic E-state index is -4.43. The molecule has 2 aromatic rings. The predicted molar refractivity (Wildman–Crippen MR) is 129 cm³/mol. The molecular formula is C24H34O10S. The smallest absolute Gasteiger partial charge is 0.214 e. The van der Waals surface area contributed by atoms with E-state index in [1.807, 2.05) is 0 Å². The van der Waals surface area contributed by atoms with E-state index >= 15 is 0 Å². The summed E-state index contributed by atoms with van der Waals surface area (Å²) in [6, 6.07) is 2.34. The second kappa shape index (κ2) is 12.5. The van der Waals surface area contributed by atoms with Crippen molar-refractivity contribution >= 4 is 9.84 Å². The highest BCUT2D eigenvalue weighted by Crippen LogP contribution is 2.53. The maximum atomic E-state index is 14.1. The molecule has 11 heteroatoms. The maximum absolute atomic E-state index is 14.1. The van der Waals surface area contributed by atoms with Gasteiger partial charge in [0, 0.05) is 12.1 Å². The molecule has 0 aliphatic heterocycles. The average Bonchev–Trinajstić information content (AvgIpc) is 2.82. The molecule has 0 amide bonds. The van der Waals surface area contributed by atoms with Gasteiger partial charge in [0.2, 0.25) is 32.8 Å². The summed E-state index contributed by atoms with van der Waals surface area (Å²) in [5.74, 6) is -1.62. The van der Waals surface area contributed by atoms with E-state index in [0.717, 1.165) is 0 Å². The highest BCUT2D eigenvalue weighted by atomic mass is 32.2. The molecule has 0 aliphatic carbocycles. The van der Waals surface area contributed by atoms with Gasteiger partial charge in [0.05, 0.1) is 39.6 Å². The van der Waals surface area contributed by atoms with Crippen molar-refractivity contribution < 1.29 is 47.1 Å². The molecule has 10 nitrogen and oxygen atoms in total. The molecule has 35 heavy (non-hydrogen) atoms. The van der Waals surface area contributed by atoms with E-state index in [4.69, 9.17) is 28.4 Å². The van der Waals surface area contributed by atoms with Crippen LogP contribution in [0.4, 0.5) is 0 Å².